The van der Waals surface area contributed by atoms with Crippen LogP contribution in [0.5, 0.6) is 0 Å². The number of rotatable bonds is 8. The van der Waals surface area contributed by atoms with E-state index in [1.807, 2.05) is 6.26 Å². The van der Waals surface area contributed by atoms with Crippen LogP contribution in [0.25, 0.3) is 5.57 Å². The van der Waals surface area contributed by atoms with Crippen molar-refractivity contribution in [2.45, 2.75) is 18.9 Å². The minimum Gasteiger partial charge on any atom is -0.289 e. The number of amides is 1. The van der Waals surface area contributed by atoms with E-state index in [9.17, 15) is 17.6 Å². The van der Waals surface area contributed by atoms with Crippen molar-refractivity contribution in [3.05, 3.63) is 41.7 Å². The molecule has 1 aliphatic heterocycles. The SMILES string of the molecule is CSCCC(NS(=O)(=O)N1CC=C(c2ccc(F)cc2)CC1)C(=O)NO. The van der Waals surface area contributed by atoms with Crippen LogP contribution in [0.3, 0.4) is 0 Å². The van der Waals surface area contributed by atoms with Gasteiger partial charge in [-0.05, 0) is 48.1 Å². The third-order valence-corrected chi connectivity index (χ3v) is 6.29. The molecular weight excluding hydrogens is 381 g/mol. The molecule has 0 saturated heterocycles. The van der Waals surface area contributed by atoms with Crippen LogP contribution in [0.1, 0.15) is 18.4 Å². The Morgan fingerprint density at radius 1 is 1.38 bits per heavy atom. The Kier molecular flexibility index (Phi) is 7.59. The first-order chi connectivity index (χ1) is 12.4. The van der Waals surface area contributed by atoms with E-state index in [0.29, 0.717) is 12.2 Å². The van der Waals surface area contributed by atoms with Crippen LogP contribution < -0.4 is 10.2 Å². The van der Waals surface area contributed by atoms with Crippen LogP contribution in [0.4, 0.5) is 4.39 Å². The predicted molar refractivity (Wildman–Crippen MR) is 99.3 cm³/mol. The molecule has 1 amide bonds. The lowest BCUT2D eigenvalue weighted by molar-refractivity contribution is -0.131. The van der Waals surface area contributed by atoms with E-state index in [2.05, 4.69) is 4.72 Å². The van der Waals surface area contributed by atoms with E-state index < -0.39 is 22.2 Å². The maximum Gasteiger partial charge on any atom is 0.280 e. The van der Waals surface area contributed by atoms with Crippen molar-refractivity contribution in [1.29, 1.82) is 0 Å². The number of carbonyl (C=O) groups is 1. The molecule has 10 heteroatoms. The van der Waals surface area contributed by atoms with Crippen molar-refractivity contribution < 1.29 is 22.8 Å². The molecule has 7 nitrogen and oxygen atoms in total. The van der Waals surface area contributed by atoms with Crippen LogP contribution in [0.2, 0.25) is 0 Å². The van der Waals surface area contributed by atoms with Crippen molar-refractivity contribution in [3.63, 3.8) is 0 Å². The van der Waals surface area contributed by atoms with E-state index in [1.54, 1.807) is 18.2 Å². The van der Waals surface area contributed by atoms with Crippen LogP contribution in [0, 0.1) is 5.82 Å². The maximum atomic E-state index is 13.0. The van der Waals surface area contributed by atoms with Gasteiger partial charge in [0, 0.05) is 13.1 Å². The Morgan fingerprint density at radius 3 is 2.62 bits per heavy atom. The monoisotopic (exact) mass is 403 g/mol. The molecule has 0 fully saturated rings. The van der Waals surface area contributed by atoms with Crippen molar-refractivity contribution in [3.8, 4) is 0 Å². The van der Waals surface area contributed by atoms with Crippen LogP contribution in [-0.4, -0.2) is 55.0 Å². The van der Waals surface area contributed by atoms with Gasteiger partial charge in [-0.2, -0.15) is 29.2 Å². The molecule has 3 N–H and O–H groups in total. The van der Waals surface area contributed by atoms with Gasteiger partial charge in [-0.15, -0.1) is 0 Å². The molecule has 0 spiro atoms. The van der Waals surface area contributed by atoms with Crippen molar-refractivity contribution in [1.82, 2.24) is 14.5 Å². The number of benzene rings is 1. The molecule has 1 unspecified atom stereocenters. The summed E-state index contributed by atoms with van der Waals surface area (Å²) in [6.07, 6.45) is 4.36. The molecule has 0 aliphatic carbocycles. The summed E-state index contributed by atoms with van der Waals surface area (Å²) in [5.74, 6) is -0.547. The molecule has 0 aromatic heterocycles. The number of hydrogen-bond acceptors (Lipinski definition) is 5. The second kappa shape index (κ2) is 9.47. The van der Waals surface area contributed by atoms with Crippen LogP contribution in [-0.2, 0) is 15.0 Å². The van der Waals surface area contributed by atoms with Crippen molar-refractivity contribution >= 4 is 33.5 Å². The summed E-state index contributed by atoms with van der Waals surface area (Å²) in [7, 11) is -3.88. The lowest BCUT2D eigenvalue weighted by Gasteiger charge is -2.28. The number of nitrogens with zero attached hydrogens (tertiary/aromatic N) is 1. The van der Waals surface area contributed by atoms with Gasteiger partial charge in [0.15, 0.2) is 0 Å². The zero-order chi connectivity index (χ0) is 19.2. The van der Waals surface area contributed by atoms with E-state index in [1.165, 1.54) is 33.7 Å². The molecule has 1 heterocycles. The zero-order valence-corrected chi connectivity index (χ0v) is 15.9. The average Bonchev–Trinajstić information content (AvgIpc) is 2.65. The first kappa shape index (κ1) is 20.8. The minimum absolute atomic E-state index is 0.151. The summed E-state index contributed by atoms with van der Waals surface area (Å²) in [4.78, 5) is 11.7. The van der Waals surface area contributed by atoms with Gasteiger partial charge in [0.1, 0.15) is 11.9 Å². The summed E-state index contributed by atoms with van der Waals surface area (Å²) < 4.78 is 41.7. The summed E-state index contributed by atoms with van der Waals surface area (Å²) in [6.45, 7) is 0.395. The van der Waals surface area contributed by atoms with Crippen molar-refractivity contribution in [2.75, 3.05) is 25.1 Å². The normalized spacial score (nSPS) is 16.8. The van der Waals surface area contributed by atoms with Gasteiger partial charge >= 0.3 is 0 Å². The molecule has 0 bridgehead atoms. The zero-order valence-electron chi connectivity index (χ0n) is 14.3. The van der Waals surface area contributed by atoms with E-state index in [-0.39, 0.29) is 25.3 Å². The third-order valence-electron chi connectivity index (χ3n) is 4.06. The van der Waals surface area contributed by atoms with Crippen LogP contribution in [0.15, 0.2) is 30.3 Å². The lowest BCUT2D eigenvalue weighted by atomic mass is 10.0. The number of hydrogen-bond donors (Lipinski definition) is 3. The van der Waals surface area contributed by atoms with Gasteiger partial charge in [0.25, 0.3) is 16.1 Å². The van der Waals surface area contributed by atoms with E-state index in [4.69, 9.17) is 5.21 Å². The summed E-state index contributed by atoms with van der Waals surface area (Å²) in [6, 6.07) is 5.01. The average molecular weight is 404 g/mol. The standard InChI is InChI=1S/C16H22FN3O4S2/c1-25-11-8-15(16(21)18-22)19-26(23,24)20-9-6-13(7-10-20)12-2-4-14(17)5-3-12/h2-6,15,19,22H,7-11H2,1H3,(H,18,21). The molecular formula is C16H22FN3O4S2. The first-order valence-corrected chi connectivity index (χ1v) is 10.9. The van der Waals surface area contributed by atoms with E-state index in [0.717, 1.165) is 11.1 Å². The first-order valence-electron chi connectivity index (χ1n) is 8.02. The fourth-order valence-corrected chi connectivity index (χ4v) is 4.41. The highest BCUT2D eigenvalue weighted by atomic mass is 32.2. The van der Waals surface area contributed by atoms with Crippen molar-refractivity contribution in [2.24, 2.45) is 0 Å². The Hall–Kier alpha value is -1.46. The number of halogens is 1. The molecule has 0 radical (unpaired) electrons. The number of nitrogens with one attached hydrogen (secondary N) is 2. The predicted octanol–water partition coefficient (Wildman–Crippen LogP) is 1.38. The fourth-order valence-electron chi connectivity index (χ4n) is 2.61. The second-order valence-corrected chi connectivity index (χ2v) is 8.47. The Balaban J connectivity index is 2.05. The Bertz CT molecular complexity index is 753. The lowest BCUT2D eigenvalue weighted by Crippen LogP contribution is -2.52. The summed E-state index contributed by atoms with van der Waals surface area (Å²) >= 11 is 1.47. The summed E-state index contributed by atoms with van der Waals surface area (Å²) in [5.41, 5.74) is 3.30. The molecule has 0 saturated carbocycles. The van der Waals surface area contributed by atoms with Gasteiger partial charge < -0.3 is 0 Å². The van der Waals surface area contributed by atoms with Gasteiger partial charge in [-0.25, -0.2) is 9.87 Å². The van der Waals surface area contributed by atoms with Gasteiger partial charge in [-0.3, -0.25) is 10.0 Å². The number of carbonyl (C=O) groups excluding carboxylic acids is 1. The van der Waals surface area contributed by atoms with Crippen LogP contribution >= 0.6 is 11.8 Å². The van der Waals surface area contributed by atoms with E-state index >= 15 is 0 Å². The molecule has 1 aliphatic rings. The molecule has 1 aromatic rings. The summed E-state index contributed by atoms with van der Waals surface area (Å²) in [5, 5.41) is 8.80. The molecule has 144 valence electrons. The molecule has 1 atom stereocenters. The number of hydroxylamine groups is 1. The fraction of sp³-hybridized carbons (Fsp3) is 0.438. The molecule has 26 heavy (non-hydrogen) atoms. The number of thioether (sulfide) groups is 1. The second-order valence-electron chi connectivity index (χ2n) is 5.78. The highest BCUT2D eigenvalue weighted by molar-refractivity contribution is 7.98. The Labute approximate surface area is 156 Å². The largest absolute Gasteiger partial charge is 0.289 e. The minimum atomic E-state index is -3.88. The van der Waals surface area contributed by atoms with Gasteiger partial charge in [0.05, 0.1) is 0 Å². The highest BCUT2D eigenvalue weighted by Gasteiger charge is 2.30. The van der Waals surface area contributed by atoms with Gasteiger partial charge in [-0.1, -0.05) is 18.2 Å². The highest BCUT2D eigenvalue weighted by Crippen LogP contribution is 2.23. The molecule has 1 aromatic carbocycles. The van der Waals surface area contributed by atoms with Gasteiger partial charge in [0.2, 0.25) is 0 Å². The quantitative estimate of drug-likeness (QED) is 0.450. The maximum absolute atomic E-state index is 13.0. The third kappa shape index (κ3) is 5.52. The topological polar surface area (TPSA) is 98.7 Å². The molecule has 2 rings (SSSR count). The smallest absolute Gasteiger partial charge is 0.280 e. The Morgan fingerprint density at radius 2 is 2.08 bits per heavy atom.